The SMILES string of the molecule is CC1(CC2=CCCCC2)C(OS(=O)(=O)C(F)(F)F)=CCC=C1OS(=O)(=O)C(F)(F)F. The van der Waals surface area contributed by atoms with Gasteiger partial charge in [-0.25, -0.2) is 0 Å². The molecule has 0 saturated heterocycles. The number of hydrogen-bond acceptors (Lipinski definition) is 6. The summed E-state index contributed by atoms with van der Waals surface area (Å²) in [5.74, 6) is -1.72. The van der Waals surface area contributed by atoms with Gasteiger partial charge in [-0.2, -0.15) is 43.2 Å². The monoisotopic (exact) mass is 484 g/mol. The Hall–Kier alpha value is -1.70. The number of allylic oxidation sites excluding steroid dienone is 4. The third-order valence-electron chi connectivity index (χ3n) is 4.63. The summed E-state index contributed by atoms with van der Waals surface area (Å²) in [7, 11) is -12.3. The van der Waals surface area contributed by atoms with E-state index >= 15 is 0 Å². The quantitative estimate of drug-likeness (QED) is 0.233. The zero-order chi connectivity index (χ0) is 23.0. The van der Waals surface area contributed by atoms with Crippen molar-refractivity contribution in [1.82, 2.24) is 0 Å². The molecule has 0 atom stereocenters. The molecule has 30 heavy (non-hydrogen) atoms. The van der Waals surface area contributed by atoms with Gasteiger partial charge >= 0.3 is 31.3 Å². The molecular weight excluding hydrogens is 466 g/mol. The Balaban J connectivity index is 2.49. The van der Waals surface area contributed by atoms with Crippen molar-refractivity contribution >= 4 is 20.2 Å². The van der Waals surface area contributed by atoms with E-state index in [0.717, 1.165) is 25.5 Å². The third-order valence-corrected chi connectivity index (χ3v) is 6.56. The van der Waals surface area contributed by atoms with Gasteiger partial charge in [0.05, 0.1) is 5.41 Å². The Labute approximate surface area is 169 Å². The summed E-state index contributed by atoms with van der Waals surface area (Å²) >= 11 is 0. The van der Waals surface area contributed by atoms with E-state index in [1.807, 2.05) is 0 Å². The standard InChI is InChI=1S/C16H18F6O6S2/c1-14(10-11-6-3-2-4-7-11)12(27-29(23,24)15(17,18)19)8-5-9-13(14)28-30(25,26)16(20,21)22/h6,8-9H,2-5,7,10H2,1H3. The zero-order valence-corrected chi connectivity index (χ0v) is 17.1. The van der Waals surface area contributed by atoms with Crippen LogP contribution in [0.25, 0.3) is 0 Å². The first-order valence-electron chi connectivity index (χ1n) is 8.60. The Bertz CT molecular complexity index is 909. The highest BCUT2D eigenvalue weighted by molar-refractivity contribution is 7.88. The summed E-state index contributed by atoms with van der Waals surface area (Å²) in [6.45, 7) is 1.07. The van der Waals surface area contributed by atoms with E-state index in [2.05, 4.69) is 8.37 Å². The molecule has 2 aliphatic carbocycles. The van der Waals surface area contributed by atoms with Crippen LogP contribution in [0.3, 0.4) is 0 Å². The van der Waals surface area contributed by atoms with Crippen LogP contribution in [0, 0.1) is 5.41 Å². The second kappa shape index (κ2) is 8.09. The van der Waals surface area contributed by atoms with Crippen LogP contribution in [0.2, 0.25) is 0 Å². The molecule has 0 aromatic carbocycles. The number of alkyl halides is 6. The molecule has 0 fully saturated rings. The van der Waals surface area contributed by atoms with Crippen LogP contribution in [0.5, 0.6) is 0 Å². The minimum atomic E-state index is -6.15. The van der Waals surface area contributed by atoms with Gasteiger partial charge in [0.15, 0.2) is 0 Å². The fourth-order valence-corrected chi connectivity index (χ4v) is 4.29. The fourth-order valence-electron chi connectivity index (χ4n) is 3.12. The molecule has 0 aromatic rings. The molecule has 0 spiro atoms. The van der Waals surface area contributed by atoms with Gasteiger partial charge in [-0.05, 0) is 57.6 Å². The largest absolute Gasteiger partial charge is 0.534 e. The van der Waals surface area contributed by atoms with Crippen molar-refractivity contribution in [3.05, 3.63) is 35.3 Å². The van der Waals surface area contributed by atoms with Crippen LogP contribution in [-0.4, -0.2) is 27.9 Å². The van der Waals surface area contributed by atoms with E-state index in [0.29, 0.717) is 24.8 Å². The molecule has 0 amide bonds. The molecule has 0 radical (unpaired) electrons. The highest BCUT2D eigenvalue weighted by Gasteiger charge is 2.54. The maximum absolute atomic E-state index is 12.8. The minimum Gasteiger partial charge on any atom is -0.380 e. The minimum absolute atomic E-state index is 0.286. The van der Waals surface area contributed by atoms with Crippen LogP contribution in [0.4, 0.5) is 26.3 Å². The smallest absolute Gasteiger partial charge is 0.380 e. The maximum Gasteiger partial charge on any atom is 0.534 e. The summed E-state index contributed by atoms with van der Waals surface area (Å²) < 4.78 is 131. The van der Waals surface area contributed by atoms with Crippen molar-refractivity contribution in [2.45, 2.75) is 56.5 Å². The van der Waals surface area contributed by atoms with Gasteiger partial charge < -0.3 is 8.37 Å². The molecule has 0 N–H and O–H groups in total. The Morgan fingerprint density at radius 1 is 0.867 bits per heavy atom. The second-order valence-electron chi connectivity index (χ2n) is 6.96. The lowest BCUT2D eigenvalue weighted by Gasteiger charge is -2.36. The number of hydrogen-bond donors (Lipinski definition) is 0. The van der Waals surface area contributed by atoms with Gasteiger partial charge in [0.2, 0.25) is 0 Å². The Morgan fingerprint density at radius 2 is 1.33 bits per heavy atom. The molecule has 172 valence electrons. The highest BCUT2D eigenvalue weighted by atomic mass is 32.2. The topological polar surface area (TPSA) is 86.7 Å². The molecule has 6 nitrogen and oxygen atoms in total. The molecule has 0 aromatic heterocycles. The molecule has 0 bridgehead atoms. The molecular formula is C16H18F6O6S2. The van der Waals surface area contributed by atoms with Gasteiger partial charge in [0.1, 0.15) is 11.5 Å². The molecule has 0 saturated carbocycles. The van der Waals surface area contributed by atoms with E-state index in [4.69, 9.17) is 0 Å². The van der Waals surface area contributed by atoms with Crippen LogP contribution in [-0.2, 0) is 28.6 Å². The van der Waals surface area contributed by atoms with Crippen molar-refractivity contribution in [1.29, 1.82) is 0 Å². The van der Waals surface area contributed by atoms with E-state index in [9.17, 15) is 43.2 Å². The summed E-state index contributed by atoms with van der Waals surface area (Å²) in [5, 5.41) is 0. The first kappa shape index (κ1) is 24.6. The number of rotatable bonds is 6. The number of halogens is 6. The average molecular weight is 484 g/mol. The summed E-state index contributed by atoms with van der Waals surface area (Å²) in [5.41, 5.74) is -13.0. The maximum atomic E-state index is 12.8. The highest BCUT2D eigenvalue weighted by Crippen LogP contribution is 2.49. The van der Waals surface area contributed by atoms with Gasteiger partial charge in [0, 0.05) is 0 Å². The Morgan fingerprint density at radius 3 is 1.70 bits per heavy atom. The van der Waals surface area contributed by atoms with E-state index in [1.165, 1.54) is 0 Å². The van der Waals surface area contributed by atoms with Crippen molar-refractivity contribution in [3.8, 4) is 0 Å². The molecule has 0 heterocycles. The van der Waals surface area contributed by atoms with E-state index in [1.54, 1.807) is 6.08 Å². The van der Waals surface area contributed by atoms with Gasteiger partial charge in [-0.15, -0.1) is 0 Å². The van der Waals surface area contributed by atoms with Gasteiger partial charge in [-0.1, -0.05) is 11.6 Å². The molecule has 14 heteroatoms. The molecule has 0 aliphatic heterocycles. The van der Waals surface area contributed by atoms with Gasteiger partial charge in [0.25, 0.3) is 0 Å². The summed E-state index contributed by atoms with van der Waals surface area (Å²) in [4.78, 5) is 0. The second-order valence-corrected chi connectivity index (χ2v) is 10.0. The lowest BCUT2D eigenvalue weighted by Crippen LogP contribution is -2.36. The first-order chi connectivity index (χ1) is 13.5. The molecule has 2 aliphatic rings. The van der Waals surface area contributed by atoms with Crippen LogP contribution in [0.1, 0.15) is 45.4 Å². The lowest BCUT2D eigenvalue weighted by molar-refractivity contribution is -0.0546. The summed E-state index contributed by atoms with van der Waals surface area (Å²) in [6, 6.07) is 0. The van der Waals surface area contributed by atoms with E-state index < -0.39 is 54.6 Å². The van der Waals surface area contributed by atoms with Gasteiger partial charge in [-0.3, -0.25) is 0 Å². The first-order valence-corrected chi connectivity index (χ1v) is 11.4. The van der Waals surface area contributed by atoms with Crippen LogP contribution in [0.15, 0.2) is 35.3 Å². The Kier molecular flexibility index (Phi) is 6.63. The predicted octanol–water partition coefficient (Wildman–Crippen LogP) is 4.79. The molecule has 2 rings (SSSR count). The lowest BCUT2D eigenvalue weighted by atomic mass is 9.75. The van der Waals surface area contributed by atoms with Crippen LogP contribution < -0.4 is 0 Å². The average Bonchev–Trinajstić information content (AvgIpc) is 2.57. The van der Waals surface area contributed by atoms with Crippen molar-refractivity contribution < 1.29 is 51.5 Å². The normalized spacial score (nSPS) is 20.7. The zero-order valence-electron chi connectivity index (χ0n) is 15.5. The van der Waals surface area contributed by atoms with Crippen molar-refractivity contribution in [3.63, 3.8) is 0 Å². The predicted molar refractivity (Wildman–Crippen MR) is 92.2 cm³/mol. The van der Waals surface area contributed by atoms with E-state index in [-0.39, 0.29) is 6.42 Å². The van der Waals surface area contributed by atoms with Crippen LogP contribution >= 0.6 is 0 Å². The van der Waals surface area contributed by atoms with Crippen molar-refractivity contribution in [2.75, 3.05) is 0 Å². The van der Waals surface area contributed by atoms with Crippen molar-refractivity contribution in [2.24, 2.45) is 5.41 Å². The molecule has 0 unspecified atom stereocenters. The third kappa shape index (κ3) is 5.13. The summed E-state index contributed by atoms with van der Waals surface area (Å²) in [6.07, 6.45) is 5.47. The fraction of sp³-hybridized carbons (Fsp3) is 0.625.